The first kappa shape index (κ1) is 13.9. The molecule has 0 fully saturated rings. The predicted octanol–water partition coefficient (Wildman–Crippen LogP) is 2.25. The maximum Gasteiger partial charge on any atom is 0.253 e. The molecule has 0 aliphatic carbocycles. The standard InChI is InChI=1S/C12H18ClN3O/c1-12(2,3)6-10(13)8-14-11(17)9-4-5-15-16-7-9/h4-5,7,10H,6,8H2,1-3H3,(H,14,17). The molecule has 94 valence electrons. The minimum Gasteiger partial charge on any atom is -0.351 e. The van der Waals surface area contributed by atoms with Gasteiger partial charge in [-0.1, -0.05) is 20.8 Å². The van der Waals surface area contributed by atoms with Gasteiger partial charge in [-0.05, 0) is 17.9 Å². The number of carbonyl (C=O) groups excluding carboxylic acids is 1. The molecule has 0 aliphatic rings. The third-order valence-electron chi connectivity index (χ3n) is 2.16. The average molecular weight is 256 g/mol. The van der Waals surface area contributed by atoms with Crippen LogP contribution in [-0.4, -0.2) is 28.0 Å². The number of nitrogens with one attached hydrogen (secondary N) is 1. The lowest BCUT2D eigenvalue weighted by molar-refractivity contribution is 0.0951. The topological polar surface area (TPSA) is 54.9 Å². The molecule has 1 heterocycles. The van der Waals surface area contributed by atoms with E-state index in [1.165, 1.54) is 12.4 Å². The maximum absolute atomic E-state index is 11.7. The van der Waals surface area contributed by atoms with Crippen LogP contribution in [0.5, 0.6) is 0 Å². The van der Waals surface area contributed by atoms with Gasteiger partial charge in [0, 0.05) is 6.54 Å². The second-order valence-electron chi connectivity index (χ2n) is 5.20. The van der Waals surface area contributed by atoms with Crippen molar-refractivity contribution in [3.63, 3.8) is 0 Å². The number of rotatable bonds is 4. The van der Waals surface area contributed by atoms with Crippen LogP contribution >= 0.6 is 11.6 Å². The third kappa shape index (κ3) is 5.63. The first-order valence-electron chi connectivity index (χ1n) is 5.57. The fourth-order valence-corrected chi connectivity index (χ4v) is 2.01. The molecule has 1 amide bonds. The summed E-state index contributed by atoms with van der Waals surface area (Å²) in [6.45, 7) is 6.82. The molecule has 0 saturated carbocycles. The summed E-state index contributed by atoms with van der Waals surface area (Å²) in [5.41, 5.74) is 0.662. The minimum atomic E-state index is -0.167. The molecule has 0 spiro atoms. The second kappa shape index (κ2) is 5.96. The van der Waals surface area contributed by atoms with E-state index in [-0.39, 0.29) is 16.7 Å². The molecule has 0 saturated heterocycles. The molecule has 1 rings (SSSR count). The molecule has 5 heteroatoms. The molecule has 0 radical (unpaired) electrons. The fraction of sp³-hybridized carbons (Fsp3) is 0.583. The van der Waals surface area contributed by atoms with Crippen molar-refractivity contribution >= 4 is 17.5 Å². The van der Waals surface area contributed by atoms with E-state index in [4.69, 9.17) is 11.6 Å². The Morgan fingerprint density at radius 2 is 2.18 bits per heavy atom. The molecule has 17 heavy (non-hydrogen) atoms. The van der Waals surface area contributed by atoms with Gasteiger partial charge in [-0.3, -0.25) is 4.79 Å². The molecule has 1 aromatic rings. The highest BCUT2D eigenvalue weighted by molar-refractivity contribution is 6.21. The summed E-state index contributed by atoms with van der Waals surface area (Å²) < 4.78 is 0. The summed E-state index contributed by atoms with van der Waals surface area (Å²) in [6, 6.07) is 1.62. The van der Waals surface area contributed by atoms with E-state index in [2.05, 4.69) is 36.3 Å². The van der Waals surface area contributed by atoms with Crippen LogP contribution in [0.15, 0.2) is 18.5 Å². The Balaban J connectivity index is 2.39. The Hall–Kier alpha value is -1.16. The lowest BCUT2D eigenvalue weighted by Crippen LogP contribution is -2.31. The van der Waals surface area contributed by atoms with Crippen LogP contribution in [-0.2, 0) is 0 Å². The molecular weight excluding hydrogens is 238 g/mol. The van der Waals surface area contributed by atoms with E-state index in [9.17, 15) is 4.79 Å². The number of carbonyl (C=O) groups is 1. The molecule has 1 atom stereocenters. The van der Waals surface area contributed by atoms with Crippen molar-refractivity contribution in [2.24, 2.45) is 5.41 Å². The predicted molar refractivity (Wildman–Crippen MR) is 68.1 cm³/mol. The minimum absolute atomic E-state index is 0.0613. The molecule has 1 unspecified atom stereocenters. The van der Waals surface area contributed by atoms with E-state index >= 15 is 0 Å². The van der Waals surface area contributed by atoms with Gasteiger partial charge in [0.1, 0.15) is 0 Å². The Bertz CT molecular complexity index is 362. The molecule has 1 aromatic heterocycles. The first-order valence-corrected chi connectivity index (χ1v) is 6.01. The molecule has 0 aromatic carbocycles. The Kier molecular flexibility index (Phi) is 4.87. The van der Waals surface area contributed by atoms with Gasteiger partial charge in [-0.25, -0.2) is 0 Å². The lowest BCUT2D eigenvalue weighted by atomic mass is 9.90. The number of hydrogen-bond acceptors (Lipinski definition) is 3. The zero-order valence-corrected chi connectivity index (χ0v) is 11.2. The van der Waals surface area contributed by atoms with E-state index in [1.807, 2.05) is 0 Å². The lowest BCUT2D eigenvalue weighted by Gasteiger charge is -2.21. The first-order chi connectivity index (χ1) is 7.88. The fourth-order valence-electron chi connectivity index (χ4n) is 1.47. The van der Waals surface area contributed by atoms with E-state index in [0.29, 0.717) is 12.1 Å². The van der Waals surface area contributed by atoms with Crippen LogP contribution in [0, 0.1) is 5.41 Å². The Morgan fingerprint density at radius 3 is 2.71 bits per heavy atom. The van der Waals surface area contributed by atoms with Crippen molar-refractivity contribution in [2.45, 2.75) is 32.6 Å². The summed E-state index contributed by atoms with van der Waals surface area (Å²) in [5, 5.41) is 9.99. The van der Waals surface area contributed by atoms with E-state index in [0.717, 1.165) is 6.42 Å². The summed E-state index contributed by atoms with van der Waals surface area (Å²) >= 11 is 6.15. The number of amides is 1. The number of alkyl halides is 1. The van der Waals surface area contributed by atoms with Crippen molar-refractivity contribution in [1.29, 1.82) is 0 Å². The van der Waals surface area contributed by atoms with Crippen molar-refractivity contribution < 1.29 is 4.79 Å². The summed E-state index contributed by atoms with van der Waals surface area (Å²) in [7, 11) is 0. The zero-order chi connectivity index (χ0) is 12.9. The number of nitrogens with zero attached hydrogens (tertiary/aromatic N) is 2. The zero-order valence-electron chi connectivity index (χ0n) is 10.4. The number of halogens is 1. The van der Waals surface area contributed by atoms with Crippen LogP contribution in [0.2, 0.25) is 0 Å². The second-order valence-corrected chi connectivity index (χ2v) is 5.82. The normalized spacial score (nSPS) is 13.2. The highest BCUT2D eigenvalue weighted by Crippen LogP contribution is 2.23. The number of hydrogen-bond donors (Lipinski definition) is 1. The van der Waals surface area contributed by atoms with Crippen LogP contribution in [0.1, 0.15) is 37.6 Å². The van der Waals surface area contributed by atoms with E-state index < -0.39 is 0 Å². The third-order valence-corrected chi connectivity index (χ3v) is 2.47. The van der Waals surface area contributed by atoms with Gasteiger partial charge in [0.2, 0.25) is 0 Å². The van der Waals surface area contributed by atoms with Gasteiger partial charge in [0.25, 0.3) is 5.91 Å². The largest absolute Gasteiger partial charge is 0.351 e. The van der Waals surface area contributed by atoms with Crippen LogP contribution in [0.3, 0.4) is 0 Å². The van der Waals surface area contributed by atoms with Crippen LogP contribution in [0.25, 0.3) is 0 Å². The molecule has 4 nitrogen and oxygen atoms in total. The van der Waals surface area contributed by atoms with Gasteiger partial charge < -0.3 is 5.32 Å². The summed E-state index contributed by atoms with van der Waals surface area (Å²) in [6.07, 6.45) is 3.77. The van der Waals surface area contributed by atoms with Crippen molar-refractivity contribution in [1.82, 2.24) is 15.5 Å². The van der Waals surface area contributed by atoms with Gasteiger partial charge in [0.05, 0.1) is 23.3 Å². The van der Waals surface area contributed by atoms with Crippen molar-refractivity contribution in [3.8, 4) is 0 Å². The highest BCUT2D eigenvalue weighted by atomic mass is 35.5. The molecule has 1 N–H and O–H groups in total. The SMILES string of the molecule is CC(C)(C)CC(Cl)CNC(=O)c1ccnnc1. The molecule has 0 aliphatic heterocycles. The Labute approximate surface area is 107 Å². The molecule has 0 bridgehead atoms. The van der Waals surface area contributed by atoms with Gasteiger partial charge in [-0.2, -0.15) is 10.2 Å². The van der Waals surface area contributed by atoms with Gasteiger partial charge in [-0.15, -0.1) is 11.6 Å². The smallest absolute Gasteiger partial charge is 0.253 e. The molecular formula is C12H18ClN3O. The monoisotopic (exact) mass is 255 g/mol. The summed E-state index contributed by atoms with van der Waals surface area (Å²) in [5.74, 6) is -0.167. The van der Waals surface area contributed by atoms with Crippen LogP contribution in [0.4, 0.5) is 0 Å². The van der Waals surface area contributed by atoms with Crippen molar-refractivity contribution in [3.05, 3.63) is 24.0 Å². The average Bonchev–Trinajstić information content (AvgIpc) is 2.25. The van der Waals surface area contributed by atoms with Gasteiger partial charge >= 0.3 is 0 Å². The quantitative estimate of drug-likeness (QED) is 0.840. The van der Waals surface area contributed by atoms with E-state index in [1.54, 1.807) is 6.07 Å². The van der Waals surface area contributed by atoms with Gasteiger partial charge in [0.15, 0.2) is 0 Å². The maximum atomic E-state index is 11.7. The number of aromatic nitrogens is 2. The highest BCUT2D eigenvalue weighted by Gasteiger charge is 2.17. The van der Waals surface area contributed by atoms with Crippen molar-refractivity contribution in [2.75, 3.05) is 6.54 Å². The Morgan fingerprint density at radius 1 is 1.47 bits per heavy atom. The van der Waals surface area contributed by atoms with Crippen LogP contribution < -0.4 is 5.32 Å². The summed E-state index contributed by atoms with van der Waals surface area (Å²) in [4.78, 5) is 11.7.